The third-order valence-electron chi connectivity index (χ3n) is 3.14. The lowest BCUT2D eigenvalue weighted by Gasteiger charge is -2.28. The molecule has 21 heavy (non-hydrogen) atoms. The van der Waals surface area contributed by atoms with E-state index in [1.165, 1.54) is 18.3 Å². The Labute approximate surface area is 130 Å². The fourth-order valence-electron chi connectivity index (χ4n) is 2.16. The highest BCUT2D eigenvalue weighted by molar-refractivity contribution is 7.10. The number of rotatable bonds is 8. The summed E-state index contributed by atoms with van der Waals surface area (Å²) in [6, 6.07) is 3.62. The normalized spacial score (nSPS) is 12.2. The third-order valence-corrected chi connectivity index (χ3v) is 4.13. The first-order chi connectivity index (χ1) is 9.95. The van der Waals surface area contributed by atoms with Gasteiger partial charge in [-0.2, -0.15) is 0 Å². The van der Waals surface area contributed by atoms with Crippen molar-refractivity contribution in [2.45, 2.75) is 45.7 Å². The van der Waals surface area contributed by atoms with E-state index in [1.54, 1.807) is 4.90 Å². The minimum Gasteiger partial charge on any atom is -0.396 e. The van der Waals surface area contributed by atoms with E-state index in [-0.39, 0.29) is 36.9 Å². The standard InChI is InChI=1S/C15H24N2O3S/c1-11(2)17(7-5-8-18)15(20)10-13(16-12(3)19)14-6-4-9-21-14/h4,6,9,11,13,18H,5,7-8,10H2,1-3H3,(H,16,19). The molecule has 2 amide bonds. The Morgan fingerprint density at radius 2 is 2.14 bits per heavy atom. The predicted octanol–water partition coefficient (Wildman–Crippen LogP) is 1.93. The van der Waals surface area contributed by atoms with Crippen LogP contribution in [0.1, 0.15) is 44.5 Å². The van der Waals surface area contributed by atoms with Crippen molar-refractivity contribution < 1.29 is 14.7 Å². The van der Waals surface area contributed by atoms with Crippen molar-refractivity contribution in [3.8, 4) is 0 Å². The molecule has 0 aliphatic rings. The summed E-state index contributed by atoms with van der Waals surface area (Å²) < 4.78 is 0. The maximum absolute atomic E-state index is 12.5. The van der Waals surface area contributed by atoms with Crippen LogP contribution in [-0.2, 0) is 9.59 Å². The van der Waals surface area contributed by atoms with E-state index in [4.69, 9.17) is 5.11 Å². The van der Waals surface area contributed by atoms with Crippen molar-refractivity contribution in [3.05, 3.63) is 22.4 Å². The van der Waals surface area contributed by atoms with Crippen LogP contribution in [0.25, 0.3) is 0 Å². The van der Waals surface area contributed by atoms with Crippen LogP contribution in [-0.4, -0.2) is 41.0 Å². The number of hydrogen-bond acceptors (Lipinski definition) is 4. The number of aliphatic hydroxyl groups is 1. The van der Waals surface area contributed by atoms with Gasteiger partial charge >= 0.3 is 0 Å². The van der Waals surface area contributed by atoms with Crippen molar-refractivity contribution in [2.75, 3.05) is 13.2 Å². The second kappa shape index (κ2) is 8.79. The van der Waals surface area contributed by atoms with Crippen LogP contribution in [0.5, 0.6) is 0 Å². The summed E-state index contributed by atoms with van der Waals surface area (Å²) in [4.78, 5) is 26.5. The molecule has 1 aromatic heterocycles. The van der Waals surface area contributed by atoms with Gasteiger partial charge in [0, 0.05) is 31.0 Å². The van der Waals surface area contributed by atoms with Gasteiger partial charge in [0.2, 0.25) is 11.8 Å². The Bertz CT molecular complexity index is 446. The van der Waals surface area contributed by atoms with Gasteiger partial charge in [-0.1, -0.05) is 6.07 Å². The van der Waals surface area contributed by atoms with E-state index in [1.807, 2.05) is 31.4 Å². The zero-order valence-corrected chi connectivity index (χ0v) is 13.7. The molecule has 1 aromatic rings. The average molecular weight is 312 g/mol. The van der Waals surface area contributed by atoms with E-state index in [9.17, 15) is 9.59 Å². The Kier molecular flexibility index (Phi) is 7.39. The number of hydrogen-bond donors (Lipinski definition) is 2. The van der Waals surface area contributed by atoms with Crippen molar-refractivity contribution in [2.24, 2.45) is 0 Å². The van der Waals surface area contributed by atoms with Crippen molar-refractivity contribution >= 4 is 23.2 Å². The fraction of sp³-hybridized carbons (Fsp3) is 0.600. The summed E-state index contributed by atoms with van der Waals surface area (Å²) in [5.74, 6) is -0.154. The molecule has 1 unspecified atom stereocenters. The summed E-state index contributed by atoms with van der Waals surface area (Å²) in [5, 5.41) is 13.7. The monoisotopic (exact) mass is 312 g/mol. The Morgan fingerprint density at radius 1 is 1.43 bits per heavy atom. The number of thiophene rings is 1. The second-order valence-corrected chi connectivity index (χ2v) is 6.21. The summed E-state index contributed by atoms with van der Waals surface area (Å²) in [6.07, 6.45) is 0.803. The molecule has 1 heterocycles. The summed E-state index contributed by atoms with van der Waals surface area (Å²) in [6.45, 7) is 5.96. The fourth-order valence-corrected chi connectivity index (χ4v) is 2.94. The molecule has 0 aliphatic heterocycles. The van der Waals surface area contributed by atoms with Crippen molar-refractivity contribution in [1.29, 1.82) is 0 Å². The van der Waals surface area contributed by atoms with Crippen LogP contribution in [0.4, 0.5) is 0 Å². The molecule has 0 saturated carbocycles. The zero-order valence-electron chi connectivity index (χ0n) is 12.8. The molecule has 118 valence electrons. The highest BCUT2D eigenvalue weighted by Gasteiger charge is 2.23. The molecule has 0 spiro atoms. The molecule has 0 aliphatic carbocycles. The van der Waals surface area contributed by atoms with Gasteiger partial charge in [0.1, 0.15) is 0 Å². The predicted molar refractivity (Wildman–Crippen MR) is 84.0 cm³/mol. The lowest BCUT2D eigenvalue weighted by molar-refractivity contribution is -0.133. The zero-order chi connectivity index (χ0) is 15.8. The van der Waals surface area contributed by atoms with Gasteiger partial charge in [0.15, 0.2) is 0 Å². The van der Waals surface area contributed by atoms with E-state index in [2.05, 4.69) is 5.32 Å². The van der Waals surface area contributed by atoms with E-state index >= 15 is 0 Å². The van der Waals surface area contributed by atoms with Crippen LogP contribution in [0.2, 0.25) is 0 Å². The number of nitrogens with one attached hydrogen (secondary N) is 1. The molecule has 6 heteroatoms. The number of carbonyl (C=O) groups is 2. The van der Waals surface area contributed by atoms with Gasteiger partial charge in [-0.05, 0) is 31.7 Å². The van der Waals surface area contributed by atoms with Crippen LogP contribution in [0.3, 0.4) is 0 Å². The highest BCUT2D eigenvalue weighted by atomic mass is 32.1. The van der Waals surface area contributed by atoms with Gasteiger partial charge in [-0.3, -0.25) is 9.59 Å². The Morgan fingerprint density at radius 3 is 2.62 bits per heavy atom. The maximum atomic E-state index is 12.5. The smallest absolute Gasteiger partial charge is 0.225 e. The number of aliphatic hydroxyl groups excluding tert-OH is 1. The van der Waals surface area contributed by atoms with Crippen LogP contribution < -0.4 is 5.32 Å². The number of nitrogens with zero attached hydrogens (tertiary/aromatic N) is 1. The molecule has 1 rings (SSSR count). The lowest BCUT2D eigenvalue weighted by Crippen LogP contribution is -2.40. The van der Waals surface area contributed by atoms with Crippen LogP contribution >= 0.6 is 11.3 Å². The molecule has 2 N–H and O–H groups in total. The molecule has 5 nitrogen and oxygen atoms in total. The lowest BCUT2D eigenvalue weighted by atomic mass is 10.1. The van der Waals surface area contributed by atoms with Gasteiger partial charge in [0.25, 0.3) is 0 Å². The molecule has 1 atom stereocenters. The van der Waals surface area contributed by atoms with Crippen LogP contribution in [0.15, 0.2) is 17.5 Å². The van der Waals surface area contributed by atoms with Gasteiger partial charge < -0.3 is 15.3 Å². The summed E-state index contributed by atoms with van der Waals surface area (Å²) in [7, 11) is 0. The van der Waals surface area contributed by atoms with Gasteiger partial charge in [-0.15, -0.1) is 11.3 Å². The number of carbonyl (C=O) groups excluding carboxylic acids is 2. The topological polar surface area (TPSA) is 69.6 Å². The van der Waals surface area contributed by atoms with E-state index < -0.39 is 0 Å². The molecular formula is C15H24N2O3S. The first-order valence-electron chi connectivity index (χ1n) is 7.16. The summed E-state index contributed by atoms with van der Waals surface area (Å²) in [5.41, 5.74) is 0. The minimum absolute atomic E-state index is 0.00870. The molecule has 0 aromatic carbocycles. The summed E-state index contributed by atoms with van der Waals surface area (Å²) >= 11 is 1.53. The first-order valence-corrected chi connectivity index (χ1v) is 8.04. The van der Waals surface area contributed by atoms with Crippen molar-refractivity contribution in [3.63, 3.8) is 0 Å². The van der Waals surface area contributed by atoms with E-state index in [0.29, 0.717) is 13.0 Å². The highest BCUT2D eigenvalue weighted by Crippen LogP contribution is 2.23. The van der Waals surface area contributed by atoms with Gasteiger partial charge in [-0.25, -0.2) is 0 Å². The Hall–Kier alpha value is -1.40. The number of amides is 2. The molecule has 0 bridgehead atoms. The average Bonchev–Trinajstić information content (AvgIpc) is 2.91. The second-order valence-electron chi connectivity index (χ2n) is 5.23. The van der Waals surface area contributed by atoms with E-state index in [0.717, 1.165) is 4.88 Å². The minimum atomic E-state index is -0.287. The van der Waals surface area contributed by atoms with Crippen LogP contribution in [0, 0.1) is 0 Å². The third kappa shape index (κ3) is 5.85. The SMILES string of the molecule is CC(=O)NC(CC(=O)N(CCCO)C(C)C)c1cccs1. The first kappa shape index (κ1) is 17.7. The largest absolute Gasteiger partial charge is 0.396 e. The molecule has 0 radical (unpaired) electrons. The van der Waals surface area contributed by atoms with Crippen molar-refractivity contribution in [1.82, 2.24) is 10.2 Å². The molecular weight excluding hydrogens is 288 g/mol. The maximum Gasteiger partial charge on any atom is 0.225 e. The molecule has 0 fully saturated rings. The molecule has 0 saturated heterocycles. The van der Waals surface area contributed by atoms with Gasteiger partial charge in [0.05, 0.1) is 12.5 Å². The Balaban J connectivity index is 2.76. The quantitative estimate of drug-likeness (QED) is 0.770.